The molecule has 8 heteroatoms. The number of para-hydroxylation sites is 1. The van der Waals surface area contributed by atoms with E-state index in [2.05, 4.69) is 32.8 Å². The molecule has 2 aliphatic rings. The van der Waals surface area contributed by atoms with Crippen molar-refractivity contribution < 1.29 is 9.59 Å². The fourth-order valence-electron chi connectivity index (χ4n) is 5.33. The van der Waals surface area contributed by atoms with Crippen molar-refractivity contribution in [3.05, 3.63) is 70.2 Å². The molecule has 6 rings (SSSR count). The van der Waals surface area contributed by atoms with Crippen LogP contribution in [0.25, 0.3) is 32.1 Å². The van der Waals surface area contributed by atoms with Crippen LogP contribution < -0.4 is 5.32 Å². The first-order chi connectivity index (χ1) is 17.5. The third kappa shape index (κ3) is 4.16. The van der Waals surface area contributed by atoms with E-state index in [4.69, 9.17) is 11.6 Å². The summed E-state index contributed by atoms with van der Waals surface area (Å²) in [5.41, 5.74) is 3.48. The number of nitrogens with one attached hydrogen (secondary N) is 1. The van der Waals surface area contributed by atoms with Crippen molar-refractivity contribution in [2.75, 3.05) is 39.8 Å². The van der Waals surface area contributed by atoms with Crippen LogP contribution in [0, 0.1) is 0 Å². The highest BCUT2D eigenvalue weighted by atomic mass is 35.5. The highest BCUT2D eigenvalue weighted by Crippen LogP contribution is 2.40. The maximum Gasteiger partial charge on any atom is 0.259 e. The lowest BCUT2D eigenvalue weighted by Crippen LogP contribution is -2.44. The molecule has 2 aromatic heterocycles. The lowest BCUT2D eigenvalue weighted by Gasteiger charge is -2.32. The Labute approximate surface area is 218 Å². The van der Waals surface area contributed by atoms with Crippen LogP contribution in [-0.2, 0) is 16.1 Å². The summed E-state index contributed by atoms with van der Waals surface area (Å²) in [5.74, 6) is -0.710. The molecule has 2 amide bonds. The second kappa shape index (κ2) is 9.48. The minimum absolute atomic E-state index is 0.350. The predicted molar refractivity (Wildman–Crippen MR) is 147 cm³/mol. The van der Waals surface area contributed by atoms with Gasteiger partial charge in [-0.1, -0.05) is 29.8 Å². The largest absolute Gasteiger partial charge is 0.347 e. The number of fused-ring (bicyclic) bond motifs is 2. The Balaban J connectivity index is 1.39. The number of aromatic nitrogens is 1. The van der Waals surface area contributed by atoms with E-state index in [0.717, 1.165) is 77.8 Å². The van der Waals surface area contributed by atoms with Gasteiger partial charge >= 0.3 is 0 Å². The standard InChI is InChI=1S/C28H27ClN4O2S/c1-31-11-13-32(14-12-31)9-4-10-33-16-21(19-5-2-3-6-23(19)33)25-26(28(35)30-27(25)34)22-17-36-24-8-7-18(29)15-20(22)24/h2-3,5-8,15-17H,4,9-14H2,1H3,(H,30,34,35). The molecule has 2 aromatic carbocycles. The molecule has 0 bridgehead atoms. The molecule has 1 N–H and O–H groups in total. The number of benzene rings is 2. The summed E-state index contributed by atoms with van der Waals surface area (Å²) in [5, 5.41) is 6.97. The van der Waals surface area contributed by atoms with Gasteiger partial charge in [0.25, 0.3) is 11.8 Å². The van der Waals surface area contributed by atoms with Crippen molar-refractivity contribution in [2.24, 2.45) is 0 Å². The summed E-state index contributed by atoms with van der Waals surface area (Å²) in [6, 6.07) is 13.8. The molecule has 4 aromatic rings. The first kappa shape index (κ1) is 23.4. The average Bonchev–Trinajstić information content (AvgIpc) is 3.53. The Morgan fingerprint density at radius 1 is 0.917 bits per heavy atom. The second-order valence-electron chi connectivity index (χ2n) is 9.57. The molecular formula is C28H27ClN4O2S. The second-order valence-corrected chi connectivity index (χ2v) is 10.9. The van der Waals surface area contributed by atoms with Crippen LogP contribution in [0.1, 0.15) is 17.5 Å². The Hall–Kier alpha value is -2.97. The van der Waals surface area contributed by atoms with Gasteiger partial charge in [-0.3, -0.25) is 14.9 Å². The Kier molecular flexibility index (Phi) is 6.17. The zero-order valence-electron chi connectivity index (χ0n) is 20.1. The number of nitrogens with zero attached hydrogens (tertiary/aromatic N) is 3. The molecule has 0 aliphatic carbocycles. The van der Waals surface area contributed by atoms with Gasteiger partial charge in [0.15, 0.2) is 0 Å². The van der Waals surface area contributed by atoms with Crippen molar-refractivity contribution in [2.45, 2.75) is 13.0 Å². The smallest absolute Gasteiger partial charge is 0.259 e. The van der Waals surface area contributed by atoms with Gasteiger partial charge in [0, 0.05) is 81.4 Å². The van der Waals surface area contributed by atoms with E-state index in [0.29, 0.717) is 16.2 Å². The monoisotopic (exact) mass is 518 g/mol. The van der Waals surface area contributed by atoms with Crippen molar-refractivity contribution in [1.82, 2.24) is 19.7 Å². The highest BCUT2D eigenvalue weighted by Gasteiger charge is 2.35. The summed E-state index contributed by atoms with van der Waals surface area (Å²) in [6.07, 6.45) is 3.07. The van der Waals surface area contributed by atoms with Crippen LogP contribution in [0.3, 0.4) is 0 Å². The van der Waals surface area contributed by atoms with E-state index in [-0.39, 0.29) is 11.8 Å². The number of amides is 2. The maximum atomic E-state index is 13.2. The highest BCUT2D eigenvalue weighted by molar-refractivity contribution is 7.17. The molecular weight excluding hydrogens is 492 g/mol. The molecule has 184 valence electrons. The number of carbonyl (C=O) groups excluding carboxylic acids is 2. The van der Waals surface area contributed by atoms with E-state index < -0.39 is 0 Å². The SMILES string of the molecule is CN1CCN(CCCn2cc(C3=C(c4csc5ccc(Cl)cc45)C(=O)NC3=O)c3ccccc32)CC1. The minimum Gasteiger partial charge on any atom is -0.347 e. The van der Waals surface area contributed by atoms with E-state index in [1.54, 1.807) is 11.3 Å². The van der Waals surface area contributed by atoms with E-state index in [1.807, 2.05) is 48.0 Å². The summed E-state index contributed by atoms with van der Waals surface area (Å²) in [7, 11) is 2.17. The zero-order chi connectivity index (χ0) is 24.8. The Bertz CT molecular complexity index is 1530. The predicted octanol–water partition coefficient (Wildman–Crippen LogP) is 4.71. The van der Waals surface area contributed by atoms with Gasteiger partial charge in [-0.25, -0.2) is 0 Å². The zero-order valence-corrected chi connectivity index (χ0v) is 21.7. The first-order valence-corrected chi connectivity index (χ1v) is 13.5. The quantitative estimate of drug-likeness (QED) is 0.375. The molecule has 0 radical (unpaired) electrons. The topological polar surface area (TPSA) is 57.6 Å². The van der Waals surface area contributed by atoms with Gasteiger partial charge in [0.2, 0.25) is 0 Å². The van der Waals surface area contributed by atoms with E-state index in [1.165, 1.54) is 0 Å². The van der Waals surface area contributed by atoms with Gasteiger partial charge in [-0.2, -0.15) is 0 Å². The molecule has 0 saturated carbocycles. The lowest BCUT2D eigenvalue weighted by atomic mass is 9.95. The average molecular weight is 519 g/mol. The fourth-order valence-corrected chi connectivity index (χ4v) is 6.44. The van der Waals surface area contributed by atoms with E-state index in [9.17, 15) is 9.59 Å². The molecule has 2 aliphatic heterocycles. The van der Waals surface area contributed by atoms with Crippen LogP contribution in [0.2, 0.25) is 5.02 Å². The number of thiophene rings is 1. The number of piperazine rings is 1. The molecule has 4 heterocycles. The summed E-state index contributed by atoms with van der Waals surface area (Å²) in [6.45, 7) is 6.32. The molecule has 1 fully saturated rings. The fraction of sp³-hybridized carbons (Fsp3) is 0.286. The van der Waals surface area contributed by atoms with Gasteiger partial charge in [0.1, 0.15) is 0 Å². The van der Waals surface area contributed by atoms with Crippen LogP contribution >= 0.6 is 22.9 Å². The summed E-state index contributed by atoms with van der Waals surface area (Å²) in [4.78, 5) is 31.1. The van der Waals surface area contributed by atoms with Crippen LogP contribution in [0.4, 0.5) is 0 Å². The number of aryl methyl sites for hydroxylation is 1. The third-order valence-corrected chi connectivity index (χ3v) is 8.46. The summed E-state index contributed by atoms with van der Waals surface area (Å²) < 4.78 is 3.25. The van der Waals surface area contributed by atoms with Crippen molar-refractivity contribution in [1.29, 1.82) is 0 Å². The number of likely N-dealkylation sites (N-methyl/N-ethyl adjacent to an activating group) is 1. The van der Waals surface area contributed by atoms with Crippen LogP contribution in [-0.4, -0.2) is 66.0 Å². The van der Waals surface area contributed by atoms with Gasteiger partial charge in [-0.15, -0.1) is 11.3 Å². The number of hydrogen-bond acceptors (Lipinski definition) is 5. The number of imide groups is 1. The van der Waals surface area contributed by atoms with Crippen molar-refractivity contribution >= 4 is 66.9 Å². The molecule has 6 nitrogen and oxygen atoms in total. The van der Waals surface area contributed by atoms with Crippen molar-refractivity contribution in [3.63, 3.8) is 0 Å². The van der Waals surface area contributed by atoms with Crippen LogP contribution in [0.15, 0.2) is 54.0 Å². The Morgan fingerprint density at radius 3 is 2.47 bits per heavy atom. The van der Waals surface area contributed by atoms with Crippen LogP contribution in [0.5, 0.6) is 0 Å². The van der Waals surface area contributed by atoms with E-state index >= 15 is 0 Å². The lowest BCUT2D eigenvalue weighted by molar-refractivity contribution is -0.122. The number of rotatable bonds is 6. The normalized spacial score (nSPS) is 17.6. The van der Waals surface area contributed by atoms with Gasteiger partial charge < -0.3 is 14.4 Å². The minimum atomic E-state index is -0.360. The molecule has 36 heavy (non-hydrogen) atoms. The number of halogens is 1. The molecule has 0 unspecified atom stereocenters. The third-order valence-electron chi connectivity index (χ3n) is 7.26. The number of carbonyl (C=O) groups is 2. The van der Waals surface area contributed by atoms with Gasteiger partial charge in [-0.05, 0) is 44.3 Å². The first-order valence-electron chi connectivity index (χ1n) is 12.3. The number of hydrogen-bond donors (Lipinski definition) is 1. The molecule has 0 atom stereocenters. The van der Waals surface area contributed by atoms with Crippen molar-refractivity contribution in [3.8, 4) is 0 Å². The molecule has 0 spiro atoms. The van der Waals surface area contributed by atoms with Gasteiger partial charge in [0.05, 0.1) is 11.1 Å². The maximum absolute atomic E-state index is 13.2. The Morgan fingerprint density at radius 2 is 1.67 bits per heavy atom. The molecule has 1 saturated heterocycles. The summed E-state index contributed by atoms with van der Waals surface area (Å²) >= 11 is 7.82.